The standard InChI is InChI=1S/C20H23F2N3O3/c1-27-15-5-7-16(8-6-15)28-14-13-24-9-11-25(12-10-24)20(26)23-19-17(21)3-2-4-18(19)22/h2-8H,9-14H2,1H3,(H,23,26). The summed E-state index contributed by atoms with van der Waals surface area (Å²) < 4.78 is 38.1. The van der Waals surface area contributed by atoms with Gasteiger partial charge in [-0.15, -0.1) is 0 Å². The molecule has 1 aliphatic rings. The molecule has 0 saturated carbocycles. The zero-order valence-electron chi connectivity index (χ0n) is 15.7. The average Bonchev–Trinajstić information content (AvgIpc) is 2.72. The van der Waals surface area contributed by atoms with Crippen LogP contribution in [0.3, 0.4) is 0 Å². The highest BCUT2D eigenvalue weighted by molar-refractivity contribution is 5.89. The Morgan fingerprint density at radius 1 is 1.00 bits per heavy atom. The molecule has 0 aliphatic carbocycles. The summed E-state index contributed by atoms with van der Waals surface area (Å²) in [4.78, 5) is 16.0. The fourth-order valence-electron chi connectivity index (χ4n) is 2.94. The second-order valence-corrected chi connectivity index (χ2v) is 6.38. The largest absolute Gasteiger partial charge is 0.497 e. The minimum Gasteiger partial charge on any atom is -0.497 e. The highest BCUT2D eigenvalue weighted by atomic mass is 19.1. The van der Waals surface area contributed by atoms with Crippen molar-refractivity contribution in [2.24, 2.45) is 0 Å². The number of halogens is 2. The van der Waals surface area contributed by atoms with Crippen LogP contribution in [0, 0.1) is 11.6 Å². The topological polar surface area (TPSA) is 54.0 Å². The van der Waals surface area contributed by atoms with Crippen LogP contribution in [0.2, 0.25) is 0 Å². The molecule has 2 aromatic rings. The normalized spacial score (nSPS) is 14.6. The highest BCUT2D eigenvalue weighted by Gasteiger charge is 2.22. The number of methoxy groups -OCH3 is 1. The Balaban J connectivity index is 1.40. The van der Waals surface area contributed by atoms with Crippen LogP contribution >= 0.6 is 0 Å². The van der Waals surface area contributed by atoms with Crippen LogP contribution in [-0.4, -0.2) is 62.3 Å². The van der Waals surface area contributed by atoms with Crippen LogP contribution < -0.4 is 14.8 Å². The summed E-state index contributed by atoms with van der Waals surface area (Å²) in [5.41, 5.74) is -0.414. The maximum Gasteiger partial charge on any atom is 0.322 e. The van der Waals surface area contributed by atoms with Crippen molar-refractivity contribution < 1.29 is 23.0 Å². The molecule has 1 aliphatic heterocycles. The second-order valence-electron chi connectivity index (χ2n) is 6.38. The van der Waals surface area contributed by atoms with Gasteiger partial charge in [0.25, 0.3) is 0 Å². The first-order valence-corrected chi connectivity index (χ1v) is 9.06. The molecular formula is C20H23F2N3O3. The Bertz CT molecular complexity index is 774. The summed E-state index contributed by atoms with van der Waals surface area (Å²) in [6, 6.07) is 10.4. The summed E-state index contributed by atoms with van der Waals surface area (Å²) >= 11 is 0. The Morgan fingerprint density at radius 2 is 1.61 bits per heavy atom. The molecular weight excluding hydrogens is 368 g/mol. The van der Waals surface area contributed by atoms with Crippen LogP contribution in [0.25, 0.3) is 0 Å². The van der Waals surface area contributed by atoms with Crippen molar-refractivity contribution in [2.75, 3.05) is 51.8 Å². The number of para-hydroxylation sites is 1. The summed E-state index contributed by atoms with van der Waals surface area (Å²) in [6.07, 6.45) is 0. The number of hydrogen-bond donors (Lipinski definition) is 1. The van der Waals surface area contributed by atoms with Gasteiger partial charge in [0, 0.05) is 32.7 Å². The third-order valence-electron chi connectivity index (χ3n) is 4.59. The molecule has 0 bridgehead atoms. The lowest BCUT2D eigenvalue weighted by Crippen LogP contribution is -2.50. The summed E-state index contributed by atoms with van der Waals surface area (Å²) in [5.74, 6) is -0.0342. The molecule has 150 valence electrons. The average molecular weight is 391 g/mol. The van der Waals surface area contributed by atoms with Gasteiger partial charge in [-0.05, 0) is 36.4 Å². The molecule has 8 heteroatoms. The maximum absolute atomic E-state index is 13.7. The predicted octanol–water partition coefficient (Wildman–Crippen LogP) is 3.20. The number of amides is 2. The molecule has 0 unspecified atom stereocenters. The number of urea groups is 1. The molecule has 0 radical (unpaired) electrons. The van der Waals surface area contributed by atoms with E-state index >= 15 is 0 Å². The van der Waals surface area contributed by atoms with E-state index in [-0.39, 0.29) is 0 Å². The van der Waals surface area contributed by atoms with Crippen LogP contribution in [0.15, 0.2) is 42.5 Å². The van der Waals surface area contributed by atoms with Gasteiger partial charge >= 0.3 is 6.03 Å². The minimum absolute atomic E-state index is 0.414. The van der Waals surface area contributed by atoms with E-state index in [2.05, 4.69) is 10.2 Å². The first kappa shape index (κ1) is 19.9. The molecule has 2 aromatic carbocycles. The van der Waals surface area contributed by atoms with E-state index in [0.717, 1.165) is 30.2 Å². The van der Waals surface area contributed by atoms with Crippen molar-refractivity contribution in [3.8, 4) is 11.5 Å². The van der Waals surface area contributed by atoms with Gasteiger partial charge < -0.3 is 19.7 Å². The van der Waals surface area contributed by atoms with Crippen molar-refractivity contribution in [1.82, 2.24) is 9.80 Å². The summed E-state index contributed by atoms with van der Waals surface area (Å²) in [5, 5.41) is 2.32. The van der Waals surface area contributed by atoms with E-state index in [0.29, 0.717) is 32.8 Å². The van der Waals surface area contributed by atoms with Crippen molar-refractivity contribution in [3.05, 3.63) is 54.1 Å². The van der Waals surface area contributed by atoms with Crippen molar-refractivity contribution in [1.29, 1.82) is 0 Å². The summed E-state index contributed by atoms with van der Waals surface area (Å²) in [6.45, 7) is 3.54. The predicted molar refractivity (Wildman–Crippen MR) is 102 cm³/mol. The molecule has 1 fully saturated rings. The van der Waals surface area contributed by atoms with Gasteiger partial charge in [0.15, 0.2) is 0 Å². The lowest BCUT2D eigenvalue weighted by Gasteiger charge is -2.34. The SMILES string of the molecule is COc1ccc(OCCN2CCN(C(=O)Nc3c(F)cccc3F)CC2)cc1. The van der Waals surface area contributed by atoms with Gasteiger partial charge in [-0.25, -0.2) is 13.6 Å². The Hall–Kier alpha value is -2.87. The van der Waals surface area contributed by atoms with E-state index in [4.69, 9.17) is 9.47 Å². The first-order valence-electron chi connectivity index (χ1n) is 9.06. The molecule has 2 amide bonds. The number of ether oxygens (including phenoxy) is 2. The van der Waals surface area contributed by atoms with E-state index in [1.54, 1.807) is 12.0 Å². The molecule has 1 saturated heterocycles. The van der Waals surface area contributed by atoms with Crippen molar-refractivity contribution >= 4 is 11.7 Å². The van der Waals surface area contributed by atoms with Crippen molar-refractivity contribution in [3.63, 3.8) is 0 Å². The molecule has 6 nitrogen and oxygen atoms in total. The summed E-state index contributed by atoms with van der Waals surface area (Å²) in [7, 11) is 1.61. The highest BCUT2D eigenvalue weighted by Crippen LogP contribution is 2.19. The number of carbonyl (C=O) groups is 1. The minimum atomic E-state index is -0.789. The molecule has 28 heavy (non-hydrogen) atoms. The quantitative estimate of drug-likeness (QED) is 0.822. The van der Waals surface area contributed by atoms with Crippen LogP contribution in [0.5, 0.6) is 11.5 Å². The molecule has 0 spiro atoms. The fraction of sp³-hybridized carbons (Fsp3) is 0.350. The smallest absolute Gasteiger partial charge is 0.322 e. The Labute approximate surface area is 162 Å². The van der Waals surface area contributed by atoms with Gasteiger partial charge in [-0.2, -0.15) is 0 Å². The number of nitrogens with one attached hydrogen (secondary N) is 1. The van der Waals surface area contributed by atoms with E-state index in [9.17, 15) is 13.6 Å². The Kier molecular flexibility index (Phi) is 6.65. The van der Waals surface area contributed by atoms with Crippen LogP contribution in [0.4, 0.5) is 19.3 Å². The van der Waals surface area contributed by atoms with E-state index in [1.807, 2.05) is 24.3 Å². The number of piperazine rings is 1. The molecule has 3 rings (SSSR count). The van der Waals surface area contributed by atoms with E-state index < -0.39 is 23.4 Å². The third kappa shape index (κ3) is 5.10. The van der Waals surface area contributed by atoms with Crippen LogP contribution in [0.1, 0.15) is 0 Å². The number of rotatable bonds is 6. The Morgan fingerprint density at radius 3 is 2.21 bits per heavy atom. The zero-order chi connectivity index (χ0) is 19.9. The molecule has 1 N–H and O–H groups in total. The zero-order valence-corrected chi connectivity index (χ0v) is 15.7. The fourth-order valence-corrected chi connectivity index (χ4v) is 2.94. The van der Waals surface area contributed by atoms with Gasteiger partial charge in [0.1, 0.15) is 35.4 Å². The van der Waals surface area contributed by atoms with Gasteiger partial charge in [0.2, 0.25) is 0 Å². The van der Waals surface area contributed by atoms with Gasteiger partial charge in [-0.3, -0.25) is 4.90 Å². The number of nitrogens with zero attached hydrogens (tertiary/aromatic N) is 2. The third-order valence-corrected chi connectivity index (χ3v) is 4.59. The first-order chi connectivity index (χ1) is 13.6. The van der Waals surface area contributed by atoms with Gasteiger partial charge in [-0.1, -0.05) is 6.07 Å². The molecule has 0 aromatic heterocycles. The van der Waals surface area contributed by atoms with Crippen LogP contribution in [-0.2, 0) is 0 Å². The lowest BCUT2D eigenvalue weighted by atomic mass is 10.3. The number of anilines is 1. The van der Waals surface area contributed by atoms with Crippen molar-refractivity contribution in [2.45, 2.75) is 0 Å². The molecule has 1 heterocycles. The molecule has 0 atom stereocenters. The lowest BCUT2D eigenvalue weighted by molar-refractivity contribution is 0.132. The van der Waals surface area contributed by atoms with Gasteiger partial charge in [0.05, 0.1) is 7.11 Å². The van der Waals surface area contributed by atoms with E-state index in [1.165, 1.54) is 6.07 Å². The maximum atomic E-state index is 13.7. The monoisotopic (exact) mass is 391 g/mol. The number of benzene rings is 2. The number of hydrogen-bond acceptors (Lipinski definition) is 4. The second kappa shape index (κ2) is 9.36. The number of carbonyl (C=O) groups excluding carboxylic acids is 1.